The second-order valence-electron chi connectivity index (χ2n) is 7.75. The topological polar surface area (TPSA) is 70.5 Å². The van der Waals surface area contributed by atoms with Crippen LogP contribution in [0.2, 0.25) is 0 Å². The van der Waals surface area contributed by atoms with E-state index in [0.29, 0.717) is 11.5 Å². The van der Waals surface area contributed by atoms with Crippen molar-refractivity contribution < 1.29 is 35.8 Å². The van der Waals surface area contributed by atoms with E-state index in [0.717, 1.165) is 35.4 Å². The van der Waals surface area contributed by atoms with Gasteiger partial charge in [0.15, 0.2) is 0 Å². The summed E-state index contributed by atoms with van der Waals surface area (Å²) in [5, 5.41) is 0. The number of anilines is 2. The molecule has 0 aromatic heterocycles. The third kappa shape index (κ3) is 5.65. The smallest absolute Gasteiger partial charge is 0.418 e. The molecule has 0 fully saturated rings. The van der Waals surface area contributed by atoms with Crippen molar-refractivity contribution in [3.63, 3.8) is 0 Å². The zero-order chi connectivity index (χ0) is 26.1. The van der Waals surface area contributed by atoms with E-state index < -0.39 is 34.9 Å². The van der Waals surface area contributed by atoms with E-state index in [-0.39, 0.29) is 11.5 Å². The lowest BCUT2D eigenvalue weighted by Crippen LogP contribution is -2.08. The summed E-state index contributed by atoms with van der Waals surface area (Å²) in [5.74, 6) is 0.616. The number of rotatable bonds is 5. The summed E-state index contributed by atoms with van der Waals surface area (Å²) in [7, 11) is 0. The number of nitrogens with two attached hydrogens (primary N) is 2. The van der Waals surface area contributed by atoms with Crippen molar-refractivity contribution in [1.82, 2.24) is 0 Å². The maximum Gasteiger partial charge on any atom is 0.418 e. The summed E-state index contributed by atoms with van der Waals surface area (Å²) >= 11 is 0. The fraction of sp³-hybridized carbons (Fsp3) is 0.0769. The van der Waals surface area contributed by atoms with E-state index in [1.165, 1.54) is 12.1 Å². The molecule has 0 unspecified atom stereocenters. The summed E-state index contributed by atoms with van der Waals surface area (Å²) < 4.78 is 89.3. The van der Waals surface area contributed by atoms with Crippen LogP contribution in [0, 0.1) is 0 Å². The Hall–Kier alpha value is -4.34. The van der Waals surface area contributed by atoms with Gasteiger partial charge in [0.1, 0.15) is 23.0 Å². The van der Waals surface area contributed by atoms with Gasteiger partial charge in [-0.3, -0.25) is 0 Å². The van der Waals surface area contributed by atoms with Crippen molar-refractivity contribution in [2.75, 3.05) is 11.5 Å². The Morgan fingerprint density at radius 1 is 0.444 bits per heavy atom. The van der Waals surface area contributed by atoms with Crippen LogP contribution in [0.3, 0.4) is 0 Å². The van der Waals surface area contributed by atoms with Crippen LogP contribution in [-0.2, 0) is 12.4 Å². The molecule has 0 saturated heterocycles. The monoisotopic (exact) mass is 504 g/mol. The molecule has 0 atom stereocenters. The highest BCUT2D eigenvalue weighted by Crippen LogP contribution is 2.38. The van der Waals surface area contributed by atoms with Crippen molar-refractivity contribution in [3.8, 4) is 34.1 Å². The van der Waals surface area contributed by atoms with Gasteiger partial charge in [0, 0.05) is 11.4 Å². The standard InChI is InChI=1S/C26H18F6N2O2/c27-25(28,29)21-13-19(9-11-23(21)33)35-17-5-1-15(2-6-17)16-3-7-18(8-4-16)36-20-10-12-24(34)22(14-20)26(30,31)32/h1-14H,33-34H2. The minimum Gasteiger partial charge on any atom is -0.457 e. The first-order chi connectivity index (χ1) is 16.9. The fourth-order valence-electron chi connectivity index (χ4n) is 3.39. The van der Waals surface area contributed by atoms with Gasteiger partial charge in [0.2, 0.25) is 0 Å². The Bertz CT molecular complexity index is 1260. The van der Waals surface area contributed by atoms with Crippen molar-refractivity contribution in [1.29, 1.82) is 0 Å². The zero-order valence-electron chi connectivity index (χ0n) is 18.3. The minimum absolute atomic E-state index is 0.0119. The largest absolute Gasteiger partial charge is 0.457 e. The van der Waals surface area contributed by atoms with Gasteiger partial charge < -0.3 is 20.9 Å². The third-order valence-corrected chi connectivity index (χ3v) is 5.17. The molecule has 4 N–H and O–H groups in total. The molecule has 4 aromatic carbocycles. The van der Waals surface area contributed by atoms with Gasteiger partial charge in [0.05, 0.1) is 11.1 Å². The van der Waals surface area contributed by atoms with Gasteiger partial charge in [-0.2, -0.15) is 26.3 Å². The van der Waals surface area contributed by atoms with Gasteiger partial charge in [-0.15, -0.1) is 0 Å². The summed E-state index contributed by atoms with van der Waals surface area (Å²) in [6.07, 6.45) is -9.20. The van der Waals surface area contributed by atoms with Crippen LogP contribution in [0.4, 0.5) is 37.7 Å². The summed E-state index contributed by atoms with van der Waals surface area (Å²) in [6, 6.07) is 19.8. The van der Waals surface area contributed by atoms with E-state index >= 15 is 0 Å². The third-order valence-electron chi connectivity index (χ3n) is 5.17. The number of alkyl halides is 6. The van der Waals surface area contributed by atoms with Crippen LogP contribution in [-0.4, -0.2) is 0 Å². The summed E-state index contributed by atoms with van der Waals surface area (Å²) in [5.41, 5.74) is 9.60. The SMILES string of the molecule is Nc1ccc(Oc2ccc(-c3ccc(Oc4ccc(N)c(C(F)(F)F)c4)cc3)cc2)cc1C(F)(F)F. The van der Waals surface area contributed by atoms with E-state index in [9.17, 15) is 26.3 Å². The van der Waals surface area contributed by atoms with Gasteiger partial charge in [0.25, 0.3) is 0 Å². The van der Waals surface area contributed by atoms with Crippen LogP contribution in [0.15, 0.2) is 84.9 Å². The molecule has 0 radical (unpaired) electrons. The second-order valence-corrected chi connectivity index (χ2v) is 7.75. The number of halogens is 6. The molecule has 4 aromatic rings. The number of benzene rings is 4. The minimum atomic E-state index is -4.60. The molecule has 4 nitrogen and oxygen atoms in total. The van der Waals surface area contributed by atoms with Crippen LogP contribution in [0.1, 0.15) is 11.1 Å². The summed E-state index contributed by atoms with van der Waals surface area (Å²) in [6.45, 7) is 0. The highest BCUT2D eigenvalue weighted by Gasteiger charge is 2.34. The van der Waals surface area contributed by atoms with Crippen LogP contribution in [0.25, 0.3) is 11.1 Å². The molecular formula is C26H18F6N2O2. The van der Waals surface area contributed by atoms with E-state index in [1.54, 1.807) is 48.5 Å². The first-order valence-electron chi connectivity index (χ1n) is 10.4. The van der Waals surface area contributed by atoms with E-state index in [2.05, 4.69) is 0 Å². The highest BCUT2D eigenvalue weighted by atomic mass is 19.4. The van der Waals surface area contributed by atoms with E-state index in [1.807, 2.05) is 0 Å². The first-order valence-corrected chi connectivity index (χ1v) is 10.4. The normalized spacial score (nSPS) is 11.8. The number of nitrogen functional groups attached to an aromatic ring is 2. The van der Waals surface area contributed by atoms with Crippen LogP contribution >= 0.6 is 0 Å². The lowest BCUT2D eigenvalue weighted by atomic mass is 10.1. The van der Waals surface area contributed by atoms with Crippen molar-refractivity contribution in [3.05, 3.63) is 96.1 Å². The molecule has 0 aliphatic carbocycles. The van der Waals surface area contributed by atoms with Gasteiger partial charge in [-0.1, -0.05) is 24.3 Å². The zero-order valence-corrected chi connectivity index (χ0v) is 18.3. The Balaban J connectivity index is 1.46. The van der Waals surface area contributed by atoms with Crippen molar-refractivity contribution in [2.45, 2.75) is 12.4 Å². The molecule has 0 saturated carbocycles. The number of hydrogen-bond donors (Lipinski definition) is 2. The van der Waals surface area contributed by atoms with Gasteiger partial charge >= 0.3 is 12.4 Å². The number of hydrogen-bond acceptors (Lipinski definition) is 4. The quantitative estimate of drug-likeness (QED) is 0.213. The lowest BCUT2D eigenvalue weighted by molar-refractivity contribution is -0.137. The molecule has 10 heteroatoms. The lowest BCUT2D eigenvalue weighted by Gasteiger charge is -2.13. The molecule has 186 valence electrons. The van der Waals surface area contributed by atoms with Gasteiger partial charge in [-0.05, 0) is 71.8 Å². The van der Waals surface area contributed by atoms with Crippen molar-refractivity contribution in [2.24, 2.45) is 0 Å². The first kappa shape index (κ1) is 24.8. The Labute approximate surface area is 201 Å². The molecule has 0 aliphatic heterocycles. The molecule has 0 heterocycles. The van der Waals surface area contributed by atoms with Crippen LogP contribution in [0.5, 0.6) is 23.0 Å². The Morgan fingerprint density at radius 3 is 1.06 bits per heavy atom. The van der Waals surface area contributed by atoms with E-state index in [4.69, 9.17) is 20.9 Å². The average molecular weight is 504 g/mol. The highest BCUT2D eigenvalue weighted by molar-refractivity contribution is 5.65. The van der Waals surface area contributed by atoms with Crippen LogP contribution < -0.4 is 20.9 Å². The molecule has 0 amide bonds. The molecule has 36 heavy (non-hydrogen) atoms. The summed E-state index contributed by atoms with van der Waals surface area (Å²) in [4.78, 5) is 0. The molecule has 0 spiro atoms. The molecule has 0 bridgehead atoms. The predicted molar refractivity (Wildman–Crippen MR) is 124 cm³/mol. The second kappa shape index (κ2) is 9.37. The average Bonchev–Trinajstić information content (AvgIpc) is 2.81. The molecule has 0 aliphatic rings. The molecule has 4 rings (SSSR count). The number of ether oxygens (including phenoxy) is 2. The Kier molecular flexibility index (Phi) is 6.45. The Morgan fingerprint density at radius 2 is 0.750 bits per heavy atom. The maximum atomic E-state index is 13.0. The maximum absolute atomic E-state index is 13.0. The van der Waals surface area contributed by atoms with Crippen molar-refractivity contribution >= 4 is 11.4 Å². The fourth-order valence-corrected chi connectivity index (χ4v) is 3.39. The predicted octanol–water partition coefficient (Wildman–Crippen LogP) is 8.14. The molecular weight excluding hydrogens is 486 g/mol. The van der Waals surface area contributed by atoms with Gasteiger partial charge in [-0.25, -0.2) is 0 Å².